The van der Waals surface area contributed by atoms with Gasteiger partial charge in [0.15, 0.2) is 11.6 Å². The highest BCUT2D eigenvalue weighted by molar-refractivity contribution is 4.93. The third kappa shape index (κ3) is 4.35. The van der Waals surface area contributed by atoms with Crippen LogP contribution in [0.4, 0.5) is 0 Å². The molecular formula is C15H23N5O3. The number of aromatic nitrogens is 4. The minimum absolute atomic E-state index is 0.0453. The second-order valence-electron chi connectivity index (χ2n) is 6.43. The summed E-state index contributed by atoms with van der Waals surface area (Å²) < 4.78 is 16.1. The lowest BCUT2D eigenvalue weighted by atomic mass is 10.1. The molecule has 0 bridgehead atoms. The van der Waals surface area contributed by atoms with Gasteiger partial charge in [0, 0.05) is 13.0 Å². The average Bonchev–Trinajstić information content (AvgIpc) is 3.19. The predicted octanol–water partition coefficient (Wildman–Crippen LogP) is 2.13. The molecule has 1 aliphatic rings. The quantitative estimate of drug-likeness (QED) is 0.766. The van der Waals surface area contributed by atoms with Gasteiger partial charge in [0.25, 0.3) is 5.89 Å². The Bertz CT molecular complexity index is 618. The Balaban J connectivity index is 1.52. The Hall–Kier alpha value is -1.80. The van der Waals surface area contributed by atoms with Gasteiger partial charge in [0.2, 0.25) is 5.89 Å². The summed E-state index contributed by atoms with van der Waals surface area (Å²) in [6.07, 6.45) is 2.76. The Morgan fingerprint density at radius 3 is 2.70 bits per heavy atom. The molecule has 1 aliphatic heterocycles. The van der Waals surface area contributed by atoms with Crippen LogP contribution in [-0.4, -0.2) is 38.8 Å². The molecule has 3 rings (SSSR count). The first-order chi connectivity index (χ1) is 11.1. The van der Waals surface area contributed by atoms with Crippen molar-refractivity contribution in [1.29, 1.82) is 0 Å². The van der Waals surface area contributed by atoms with Gasteiger partial charge in [0.1, 0.15) is 6.10 Å². The molecule has 0 N–H and O–H groups in total. The second kappa shape index (κ2) is 7.18. The zero-order valence-corrected chi connectivity index (χ0v) is 13.9. The van der Waals surface area contributed by atoms with Gasteiger partial charge in [-0.1, -0.05) is 24.2 Å². The van der Waals surface area contributed by atoms with E-state index in [9.17, 15) is 0 Å². The van der Waals surface area contributed by atoms with Crippen molar-refractivity contribution < 1.29 is 13.8 Å². The smallest absolute Gasteiger partial charge is 0.255 e. The van der Waals surface area contributed by atoms with Crippen LogP contribution in [0, 0.1) is 5.92 Å². The van der Waals surface area contributed by atoms with Crippen molar-refractivity contribution in [2.45, 2.75) is 52.3 Å². The minimum atomic E-state index is -0.0453. The van der Waals surface area contributed by atoms with Crippen molar-refractivity contribution in [2.24, 2.45) is 5.92 Å². The molecule has 0 spiro atoms. The standard InChI is InChI=1S/C15H23N5O3/c1-10(2)7-12-16-14(22-18-12)9-20(3)8-13-17-15(23-19-13)11-5-4-6-21-11/h10-11H,4-9H2,1-3H3. The largest absolute Gasteiger partial charge is 0.368 e. The predicted molar refractivity (Wildman–Crippen MR) is 80.2 cm³/mol. The summed E-state index contributed by atoms with van der Waals surface area (Å²) in [4.78, 5) is 10.8. The van der Waals surface area contributed by atoms with E-state index in [1.54, 1.807) is 0 Å². The highest BCUT2D eigenvalue weighted by atomic mass is 16.5. The van der Waals surface area contributed by atoms with Crippen LogP contribution in [-0.2, 0) is 24.2 Å². The van der Waals surface area contributed by atoms with E-state index in [1.807, 2.05) is 11.9 Å². The number of nitrogens with zero attached hydrogens (tertiary/aromatic N) is 5. The SMILES string of the molecule is CC(C)Cc1noc(CN(C)Cc2noc(C3CCCO3)n2)n1. The molecule has 1 atom stereocenters. The molecule has 2 aromatic heterocycles. The summed E-state index contributed by atoms with van der Waals surface area (Å²) in [5, 5.41) is 8.01. The lowest BCUT2D eigenvalue weighted by Crippen LogP contribution is -2.18. The van der Waals surface area contributed by atoms with Crippen LogP contribution >= 0.6 is 0 Å². The molecule has 23 heavy (non-hydrogen) atoms. The summed E-state index contributed by atoms with van der Waals surface area (Å²) in [6.45, 7) is 6.12. The fourth-order valence-corrected chi connectivity index (χ4v) is 2.57. The monoisotopic (exact) mass is 321 g/mol. The Kier molecular flexibility index (Phi) is 5.02. The van der Waals surface area contributed by atoms with Crippen molar-refractivity contribution in [3.63, 3.8) is 0 Å². The van der Waals surface area contributed by atoms with Gasteiger partial charge in [0.05, 0.1) is 13.1 Å². The molecule has 1 fully saturated rings. The van der Waals surface area contributed by atoms with Crippen LogP contribution in [0.25, 0.3) is 0 Å². The van der Waals surface area contributed by atoms with Crippen molar-refractivity contribution in [3.8, 4) is 0 Å². The molecule has 0 aromatic carbocycles. The van der Waals surface area contributed by atoms with Crippen LogP contribution in [0.2, 0.25) is 0 Å². The van der Waals surface area contributed by atoms with E-state index >= 15 is 0 Å². The zero-order valence-electron chi connectivity index (χ0n) is 13.9. The van der Waals surface area contributed by atoms with E-state index in [2.05, 4.69) is 34.1 Å². The van der Waals surface area contributed by atoms with Crippen LogP contribution in [0.1, 0.15) is 56.2 Å². The molecule has 0 radical (unpaired) electrons. The summed E-state index contributed by atoms with van der Waals surface area (Å²) in [6, 6.07) is 0. The number of rotatable bonds is 7. The van der Waals surface area contributed by atoms with Gasteiger partial charge in [-0.05, 0) is 25.8 Å². The summed E-state index contributed by atoms with van der Waals surface area (Å²) >= 11 is 0. The molecule has 3 heterocycles. The molecule has 1 saturated heterocycles. The van der Waals surface area contributed by atoms with E-state index in [0.717, 1.165) is 31.7 Å². The van der Waals surface area contributed by atoms with Crippen LogP contribution in [0.5, 0.6) is 0 Å². The Labute approximate surface area is 135 Å². The highest BCUT2D eigenvalue weighted by Gasteiger charge is 2.24. The summed E-state index contributed by atoms with van der Waals surface area (Å²) in [7, 11) is 1.95. The third-order valence-corrected chi connectivity index (χ3v) is 3.61. The average molecular weight is 321 g/mol. The summed E-state index contributed by atoms with van der Waals surface area (Å²) in [5.74, 6) is 3.08. The molecular weight excluding hydrogens is 298 g/mol. The van der Waals surface area contributed by atoms with E-state index < -0.39 is 0 Å². The second-order valence-corrected chi connectivity index (χ2v) is 6.43. The molecule has 1 unspecified atom stereocenters. The third-order valence-electron chi connectivity index (χ3n) is 3.61. The van der Waals surface area contributed by atoms with Crippen LogP contribution in [0.15, 0.2) is 9.05 Å². The van der Waals surface area contributed by atoms with Gasteiger partial charge >= 0.3 is 0 Å². The van der Waals surface area contributed by atoms with Gasteiger partial charge < -0.3 is 13.8 Å². The number of hydrogen-bond donors (Lipinski definition) is 0. The molecule has 8 nitrogen and oxygen atoms in total. The molecule has 0 amide bonds. The maximum absolute atomic E-state index is 5.54. The first-order valence-electron chi connectivity index (χ1n) is 8.04. The van der Waals surface area contributed by atoms with Crippen molar-refractivity contribution in [1.82, 2.24) is 25.2 Å². The van der Waals surface area contributed by atoms with E-state index in [4.69, 9.17) is 13.8 Å². The van der Waals surface area contributed by atoms with E-state index in [-0.39, 0.29) is 6.10 Å². The molecule has 0 saturated carbocycles. The number of ether oxygens (including phenoxy) is 1. The molecule has 8 heteroatoms. The van der Waals surface area contributed by atoms with E-state index in [1.165, 1.54) is 0 Å². The first-order valence-corrected chi connectivity index (χ1v) is 8.04. The van der Waals surface area contributed by atoms with Crippen LogP contribution in [0.3, 0.4) is 0 Å². The maximum Gasteiger partial charge on any atom is 0.255 e. The Morgan fingerprint density at radius 2 is 1.96 bits per heavy atom. The van der Waals surface area contributed by atoms with Gasteiger partial charge in [-0.25, -0.2) is 0 Å². The van der Waals surface area contributed by atoms with Crippen molar-refractivity contribution in [2.75, 3.05) is 13.7 Å². The van der Waals surface area contributed by atoms with Crippen molar-refractivity contribution in [3.05, 3.63) is 23.4 Å². The van der Waals surface area contributed by atoms with E-state index in [0.29, 0.717) is 36.6 Å². The van der Waals surface area contributed by atoms with Gasteiger partial charge in [-0.3, -0.25) is 4.90 Å². The van der Waals surface area contributed by atoms with Crippen LogP contribution < -0.4 is 0 Å². The maximum atomic E-state index is 5.54. The lowest BCUT2D eigenvalue weighted by molar-refractivity contribution is 0.0835. The first kappa shape index (κ1) is 16.1. The fourth-order valence-electron chi connectivity index (χ4n) is 2.57. The number of hydrogen-bond acceptors (Lipinski definition) is 8. The summed E-state index contributed by atoms with van der Waals surface area (Å²) in [5.41, 5.74) is 0. The molecule has 2 aromatic rings. The minimum Gasteiger partial charge on any atom is -0.368 e. The fraction of sp³-hybridized carbons (Fsp3) is 0.733. The van der Waals surface area contributed by atoms with Crippen molar-refractivity contribution >= 4 is 0 Å². The molecule has 126 valence electrons. The van der Waals surface area contributed by atoms with Gasteiger partial charge in [-0.2, -0.15) is 9.97 Å². The zero-order chi connectivity index (χ0) is 16.2. The lowest BCUT2D eigenvalue weighted by Gasteiger charge is -2.10. The normalized spacial score (nSPS) is 18.4. The topological polar surface area (TPSA) is 90.3 Å². The highest BCUT2D eigenvalue weighted by Crippen LogP contribution is 2.27. The Morgan fingerprint density at radius 1 is 1.13 bits per heavy atom. The molecule has 0 aliphatic carbocycles. The van der Waals surface area contributed by atoms with Gasteiger partial charge in [-0.15, -0.1) is 0 Å².